The summed E-state index contributed by atoms with van der Waals surface area (Å²) >= 11 is 2.02. The number of hydrogen-bond donors (Lipinski definition) is 2. The Bertz CT molecular complexity index is 702. The predicted molar refractivity (Wildman–Crippen MR) is 93.2 cm³/mol. The molecule has 0 fully saturated rings. The van der Waals surface area contributed by atoms with Gasteiger partial charge < -0.3 is 9.84 Å². The highest BCUT2D eigenvalue weighted by Crippen LogP contribution is 2.19. The number of aromatic hydroxyl groups is 1. The second kappa shape index (κ2) is 7.79. The van der Waals surface area contributed by atoms with Crippen molar-refractivity contribution in [2.45, 2.75) is 6.92 Å². The topological polar surface area (TPSA) is 70.9 Å². The molecule has 5 nitrogen and oxygen atoms in total. The van der Waals surface area contributed by atoms with Crippen LogP contribution in [-0.4, -0.2) is 23.8 Å². The number of hydrazone groups is 1. The van der Waals surface area contributed by atoms with Gasteiger partial charge in [-0.1, -0.05) is 12.1 Å². The number of ether oxygens (including phenoxy) is 1. The standard InChI is InChI=1S/C16H15IN2O3/c1-11-3-2-4-13(7-11)22-10-16(21)19-18-9-12-5-6-15(20)14(17)8-12/h2-9,20H,10H2,1H3,(H,19,21)/b18-9+. The van der Waals surface area contributed by atoms with Crippen molar-refractivity contribution in [1.29, 1.82) is 0 Å². The van der Waals surface area contributed by atoms with Gasteiger partial charge in [0, 0.05) is 0 Å². The molecule has 0 aliphatic heterocycles. The predicted octanol–water partition coefficient (Wildman–Crippen LogP) is 2.83. The summed E-state index contributed by atoms with van der Waals surface area (Å²) in [6.45, 7) is 1.85. The average molecular weight is 410 g/mol. The molecule has 0 radical (unpaired) electrons. The third-order valence-electron chi connectivity index (χ3n) is 2.73. The normalized spacial score (nSPS) is 10.6. The highest BCUT2D eigenvalue weighted by molar-refractivity contribution is 14.1. The lowest BCUT2D eigenvalue weighted by Gasteiger charge is -2.05. The maximum atomic E-state index is 11.6. The molecule has 0 saturated carbocycles. The van der Waals surface area contributed by atoms with E-state index in [2.05, 4.69) is 10.5 Å². The molecule has 0 aliphatic carbocycles. The zero-order valence-corrected chi connectivity index (χ0v) is 14.1. The van der Waals surface area contributed by atoms with Crippen LogP contribution in [0.2, 0.25) is 0 Å². The number of carbonyl (C=O) groups is 1. The molecule has 0 aromatic heterocycles. The van der Waals surface area contributed by atoms with Gasteiger partial charge in [0.25, 0.3) is 5.91 Å². The van der Waals surface area contributed by atoms with Crippen LogP contribution in [0.25, 0.3) is 0 Å². The third-order valence-corrected chi connectivity index (χ3v) is 3.60. The summed E-state index contributed by atoms with van der Waals surface area (Å²) in [5, 5.41) is 13.3. The van der Waals surface area contributed by atoms with Crippen LogP contribution in [0.1, 0.15) is 11.1 Å². The smallest absolute Gasteiger partial charge is 0.277 e. The Hall–Kier alpha value is -2.09. The van der Waals surface area contributed by atoms with Crippen molar-refractivity contribution in [3.8, 4) is 11.5 Å². The molecule has 2 rings (SSSR count). The Morgan fingerprint density at radius 1 is 1.36 bits per heavy atom. The van der Waals surface area contributed by atoms with E-state index >= 15 is 0 Å². The summed E-state index contributed by atoms with van der Waals surface area (Å²) < 4.78 is 6.08. The molecule has 0 bridgehead atoms. The largest absolute Gasteiger partial charge is 0.507 e. The summed E-state index contributed by atoms with van der Waals surface area (Å²) in [5.74, 6) is 0.520. The second-order valence-electron chi connectivity index (χ2n) is 4.61. The summed E-state index contributed by atoms with van der Waals surface area (Å²) in [7, 11) is 0. The lowest BCUT2D eigenvalue weighted by atomic mass is 10.2. The lowest BCUT2D eigenvalue weighted by Crippen LogP contribution is -2.24. The van der Waals surface area contributed by atoms with Gasteiger partial charge in [0.15, 0.2) is 6.61 Å². The van der Waals surface area contributed by atoms with Crippen LogP contribution in [0.15, 0.2) is 47.6 Å². The highest BCUT2D eigenvalue weighted by Gasteiger charge is 2.02. The molecule has 2 aromatic rings. The number of hydrogen-bond acceptors (Lipinski definition) is 4. The van der Waals surface area contributed by atoms with Crippen molar-refractivity contribution in [2.75, 3.05) is 6.61 Å². The monoisotopic (exact) mass is 410 g/mol. The molecule has 6 heteroatoms. The first-order valence-corrected chi connectivity index (χ1v) is 7.62. The van der Waals surface area contributed by atoms with E-state index in [1.807, 2.05) is 47.7 Å². The maximum absolute atomic E-state index is 11.6. The number of benzene rings is 2. The number of aryl methyl sites for hydroxylation is 1. The molecular weight excluding hydrogens is 395 g/mol. The number of amides is 1. The van der Waals surface area contributed by atoms with E-state index in [0.717, 1.165) is 14.7 Å². The Morgan fingerprint density at radius 3 is 2.91 bits per heavy atom. The van der Waals surface area contributed by atoms with E-state index in [9.17, 15) is 9.90 Å². The van der Waals surface area contributed by atoms with Crippen LogP contribution in [0, 0.1) is 10.5 Å². The first-order chi connectivity index (χ1) is 10.5. The third kappa shape index (κ3) is 5.03. The minimum atomic E-state index is -0.341. The first kappa shape index (κ1) is 16.3. The van der Waals surface area contributed by atoms with Crippen molar-refractivity contribution < 1.29 is 14.6 Å². The zero-order valence-electron chi connectivity index (χ0n) is 11.9. The molecule has 0 aliphatic rings. The van der Waals surface area contributed by atoms with Gasteiger partial charge in [-0.15, -0.1) is 0 Å². The van der Waals surface area contributed by atoms with Gasteiger partial charge in [0.1, 0.15) is 11.5 Å². The van der Waals surface area contributed by atoms with E-state index < -0.39 is 0 Å². The number of halogens is 1. The SMILES string of the molecule is Cc1cccc(OCC(=O)N/N=C/c2ccc(O)c(I)c2)c1. The van der Waals surface area contributed by atoms with E-state index in [1.165, 1.54) is 6.21 Å². The van der Waals surface area contributed by atoms with Crippen LogP contribution in [-0.2, 0) is 4.79 Å². The number of rotatable bonds is 5. The van der Waals surface area contributed by atoms with Crippen LogP contribution >= 0.6 is 22.6 Å². The number of carbonyl (C=O) groups excluding carboxylic acids is 1. The number of phenolic OH excluding ortho intramolecular Hbond substituents is 1. The number of phenols is 1. The summed E-state index contributed by atoms with van der Waals surface area (Å²) in [6.07, 6.45) is 1.51. The minimum Gasteiger partial charge on any atom is -0.507 e. The summed E-state index contributed by atoms with van der Waals surface area (Å²) in [6, 6.07) is 12.5. The van der Waals surface area contributed by atoms with Crippen molar-refractivity contribution >= 4 is 34.7 Å². The maximum Gasteiger partial charge on any atom is 0.277 e. The molecule has 0 atom stereocenters. The Morgan fingerprint density at radius 2 is 2.18 bits per heavy atom. The van der Waals surface area contributed by atoms with Crippen molar-refractivity contribution in [1.82, 2.24) is 5.43 Å². The fourth-order valence-electron chi connectivity index (χ4n) is 1.67. The molecule has 2 N–H and O–H groups in total. The van der Waals surface area contributed by atoms with Gasteiger partial charge in [0.05, 0.1) is 9.78 Å². The molecule has 0 heterocycles. The molecule has 0 saturated heterocycles. The quantitative estimate of drug-likeness (QED) is 0.453. The highest BCUT2D eigenvalue weighted by atomic mass is 127. The van der Waals surface area contributed by atoms with Gasteiger partial charge in [-0.2, -0.15) is 5.10 Å². The van der Waals surface area contributed by atoms with E-state index in [1.54, 1.807) is 24.3 Å². The zero-order chi connectivity index (χ0) is 15.9. The fourth-order valence-corrected chi connectivity index (χ4v) is 2.21. The average Bonchev–Trinajstić information content (AvgIpc) is 2.49. The Kier molecular flexibility index (Phi) is 5.76. The van der Waals surface area contributed by atoms with Crippen molar-refractivity contribution in [2.24, 2.45) is 5.10 Å². The van der Waals surface area contributed by atoms with E-state index in [-0.39, 0.29) is 18.3 Å². The lowest BCUT2D eigenvalue weighted by molar-refractivity contribution is -0.123. The number of nitrogens with one attached hydrogen (secondary N) is 1. The fraction of sp³-hybridized carbons (Fsp3) is 0.125. The van der Waals surface area contributed by atoms with Gasteiger partial charge in [-0.05, 0) is 71.0 Å². The Labute approximate surface area is 142 Å². The minimum absolute atomic E-state index is 0.103. The molecular formula is C16H15IN2O3. The van der Waals surface area contributed by atoms with Crippen LogP contribution in [0.3, 0.4) is 0 Å². The van der Waals surface area contributed by atoms with Crippen molar-refractivity contribution in [3.05, 3.63) is 57.2 Å². The van der Waals surface area contributed by atoms with E-state index in [0.29, 0.717) is 5.75 Å². The molecule has 22 heavy (non-hydrogen) atoms. The van der Waals surface area contributed by atoms with Gasteiger partial charge in [-0.3, -0.25) is 4.79 Å². The van der Waals surface area contributed by atoms with Crippen LogP contribution in [0.5, 0.6) is 11.5 Å². The molecule has 114 valence electrons. The summed E-state index contributed by atoms with van der Waals surface area (Å²) in [5.41, 5.74) is 4.24. The van der Waals surface area contributed by atoms with Crippen LogP contribution < -0.4 is 10.2 Å². The van der Waals surface area contributed by atoms with Crippen LogP contribution in [0.4, 0.5) is 0 Å². The molecule has 0 unspecified atom stereocenters. The van der Waals surface area contributed by atoms with Gasteiger partial charge >= 0.3 is 0 Å². The van der Waals surface area contributed by atoms with Gasteiger partial charge in [0.2, 0.25) is 0 Å². The molecule has 0 spiro atoms. The Balaban J connectivity index is 1.82. The first-order valence-electron chi connectivity index (χ1n) is 6.54. The molecule has 2 aromatic carbocycles. The summed E-state index contributed by atoms with van der Waals surface area (Å²) in [4.78, 5) is 11.6. The van der Waals surface area contributed by atoms with E-state index in [4.69, 9.17) is 4.74 Å². The van der Waals surface area contributed by atoms with Gasteiger partial charge in [-0.25, -0.2) is 5.43 Å². The van der Waals surface area contributed by atoms with Crippen molar-refractivity contribution in [3.63, 3.8) is 0 Å². The second-order valence-corrected chi connectivity index (χ2v) is 5.77. The number of nitrogens with zero attached hydrogens (tertiary/aromatic N) is 1. The molecule has 1 amide bonds.